The molecule has 0 aromatic heterocycles. The number of amides is 2. The van der Waals surface area contributed by atoms with E-state index >= 15 is 0 Å². The predicted molar refractivity (Wildman–Crippen MR) is 143 cm³/mol. The van der Waals surface area contributed by atoms with Gasteiger partial charge in [-0.2, -0.15) is 0 Å². The summed E-state index contributed by atoms with van der Waals surface area (Å²) in [6, 6.07) is 23.5. The normalized spacial score (nSPS) is 17.5. The zero-order valence-electron chi connectivity index (χ0n) is 19.6. The molecular formula is C28H30ClN5O. The van der Waals surface area contributed by atoms with E-state index in [1.165, 1.54) is 11.1 Å². The van der Waals surface area contributed by atoms with Crippen molar-refractivity contribution in [2.24, 2.45) is 0 Å². The fraction of sp³-hybridized carbons (Fsp3) is 0.250. The molecule has 2 heterocycles. The second-order valence-electron chi connectivity index (χ2n) is 8.94. The number of urea groups is 1. The maximum Gasteiger partial charge on any atom is 0.322 e. The van der Waals surface area contributed by atoms with Crippen molar-refractivity contribution in [2.75, 3.05) is 36.8 Å². The summed E-state index contributed by atoms with van der Waals surface area (Å²) in [6.45, 7) is 8.17. The second-order valence-corrected chi connectivity index (χ2v) is 9.38. The molecule has 0 saturated carbocycles. The van der Waals surface area contributed by atoms with E-state index in [0.29, 0.717) is 24.7 Å². The van der Waals surface area contributed by atoms with Gasteiger partial charge in [0.15, 0.2) is 0 Å². The fourth-order valence-corrected chi connectivity index (χ4v) is 4.97. The third-order valence-corrected chi connectivity index (χ3v) is 6.97. The highest BCUT2D eigenvalue weighted by Crippen LogP contribution is 2.30. The number of hydrogen-bond donors (Lipinski definition) is 3. The molecule has 0 radical (unpaired) electrons. The number of piperazine rings is 1. The van der Waals surface area contributed by atoms with Crippen LogP contribution >= 0.6 is 11.6 Å². The van der Waals surface area contributed by atoms with Crippen LogP contribution in [0.2, 0.25) is 5.02 Å². The number of nitrogens with one attached hydrogen (secondary N) is 3. The highest BCUT2D eigenvalue weighted by Gasteiger charge is 2.32. The Morgan fingerprint density at radius 3 is 2.57 bits per heavy atom. The van der Waals surface area contributed by atoms with Crippen molar-refractivity contribution >= 4 is 29.0 Å². The molecule has 5 rings (SSSR count). The van der Waals surface area contributed by atoms with Gasteiger partial charge in [0.1, 0.15) is 0 Å². The molecule has 2 aliphatic rings. The van der Waals surface area contributed by atoms with Gasteiger partial charge in [0.2, 0.25) is 0 Å². The minimum absolute atomic E-state index is 0.107. The number of fused-ring (bicyclic) bond motifs is 1. The lowest BCUT2D eigenvalue weighted by molar-refractivity contribution is 0.121. The summed E-state index contributed by atoms with van der Waals surface area (Å²) < 4.78 is 0. The monoisotopic (exact) mass is 487 g/mol. The van der Waals surface area contributed by atoms with E-state index in [1.54, 1.807) is 12.1 Å². The van der Waals surface area contributed by atoms with Gasteiger partial charge in [-0.25, -0.2) is 4.79 Å². The Balaban J connectivity index is 1.33. The van der Waals surface area contributed by atoms with Crippen LogP contribution in [0.5, 0.6) is 0 Å². The summed E-state index contributed by atoms with van der Waals surface area (Å²) in [5.41, 5.74) is 5.63. The number of nitrogens with zero attached hydrogens (tertiary/aromatic N) is 2. The van der Waals surface area contributed by atoms with Crippen molar-refractivity contribution in [3.05, 3.63) is 107 Å². The van der Waals surface area contributed by atoms with Gasteiger partial charge < -0.3 is 25.8 Å². The lowest BCUT2D eigenvalue weighted by atomic mass is 9.99. The Kier molecular flexibility index (Phi) is 6.93. The number of carbonyl (C=O) groups is 1. The van der Waals surface area contributed by atoms with Crippen molar-refractivity contribution in [3.8, 4) is 0 Å². The van der Waals surface area contributed by atoms with E-state index in [2.05, 4.69) is 57.8 Å². The van der Waals surface area contributed by atoms with Crippen molar-refractivity contribution in [2.45, 2.75) is 19.0 Å². The Morgan fingerprint density at radius 1 is 0.971 bits per heavy atom. The lowest BCUT2D eigenvalue weighted by Crippen LogP contribution is -2.52. The number of carbonyl (C=O) groups excluding carboxylic acids is 1. The van der Waals surface area contributed by atoms with E-state index < -0.39 is 0 Å². The molecule has 2 amide bonds. The van der Waals surface area contributed by atoms with Crippen LogP contribution in [-0.4, -0.2) is 42.0 Å². The molecule has 1 saturated heterocycles. The van der Waals surface area contributed by atoms with Crippen LogP contribution in [0.15, 0.2) is 85.2 Å². The molecule has 1 fully saturated rings. The van der Waals surface area contributed by atoms with Gasteiger partial charge in [-0.3, -0.25) is 0 Å². The summed E-state index contributed by atoms with van der Waals surface area (Å²) >= 11 is 6.00. The van der Waals surface area contributed by atoms with Gasteiger partial charge in [-0.15, -0.1) is 0 Å². The highest BCUT2D eigenvalue weighted by atomic mass is 35.5. The molecule has 0 spiro atoms. The molecule has 1 atom stereocenters. The largest absolute Gasteiger partial charge is 0.354 e. The number of anilines is 2. The van der Waals surface area contributed by atoms with Crippen LogP contribution in [0.1, 0.15) is 22.7 Å². The third-order valence-electron chi connectivity index (χ3n) is 6.72. The van der Waals surface area contributed by atoms with Crippen LogP contribution in [0.4, 0.5) is 16.2 Å². The SMILES string of the molecule is C=C(Nc1cccc2c1CCNC2)N1CCN(C(=O)Nc2ccc(Cl)cc2)C(c2ccccc2)C1. The molecule has 3 N–H and O–H groups in total. The first-order chi connectivity index (χ1) is 17.1. The predicted octanol–water partition coefficient (Wildman–Crippen LogP) is 5.46. The number of halogens is 1. The number of hydrogen-bond acceptors (Lipinski definition) is 4. The first-order valence-electron chi connectivity index (χ1n) is 12.0. The minimum Gasteiger partial charge on any atom is -0.354 e. The number of rotatable bonds is 5. The summed E-state index contributed by atoms with van der Waals surface area (Å²) in [5, 5.41) is 10.7. The van der Waals surface area contributed by atoms with Crippen LogP contribution < -0.4 is 16.0 Å². The fourth-order valence-electron chi connectivity index (χ4n) is 4.84. The van der Waals surface area contributed by atoms with Gasteiger partial charge in [0.25, 0.3) is 0 Å². The van der Waals surface area contributed by atoms with Gasteiger partial charge >= 0.3 is 6.03 Å². The van der Waals surface area contributed by atoms with Crippen LogP contribution in [0.3, 0.4) is 0 Å². The van der Waals surface area contributed by atoms with Gasteiger partial charge in [-0.1, -0.05) is 60.6 Å². The topological polar surface area (TPSA) is 59.6 Å². The summed E-state index contributed by atoms with van der Waals surface area (Å²) in [7, 11) is 0. The quantitative estimate of drug-likeness (QED) is 0.447. The van der Waals surface area contributed by atoms with Crippen molar-refractivity contribution in [1.82, 2.24) is 15.1 Å². The average Bonchev–Trinajstić information content (AvgIpc) is 2.90. The molecule has 180 valence electrons. The van der Waals surface area contributed by atoms with Crippen LogP contribution in [0, 0.1) is 0 Å². The molecule has 7 heteroatoms. The van der Waals surface area contributed by atoms with Crippen molar-refractivity contribution in [1.29, 1.82) is 0 Å². The molecule has 3 aromatic rings. The molecule has 2 aliphatic heterocycles. The first-order valence-corrected chi connectivity index (χ1v) is 12.4. The van der Waals surface area contributed by atoms with E-state index in [4.69, 9.17) is 11.6 Å². The highest BCUT2D eigenvalue weighted by molar-refractivity contribution is 6.30. The smallest absolute Gasteiger partial charge is 0.322 e. The summed E-state index contributed by atoms with van der Waals surface area (Å²) in [4.78, 5) is 17.4. The number of benzene rings is 3. The van der Waals surface area contributed by atoms with E-state index in [0.717, 1.165) is 42.3 Å². The van der Waals surface area contributed by atoms with Gasteiger partial charge in [0, 0.05) is 42.6 Å². The zero-order chi connectivity index (χ0) is 24.2. The summed E-state index contributed by atoms with van der Waals surface area (Å²) in [6.07, 6.45) is 0.997. The maximum atomic E-state index is 13.3. The minimum atomic E-state index is -0.121. The van der Waals surface area contributed by atoms with Crippen LogP contribution in [-0.2, 0) is 13.0 Å². The standard InChI is InChI=1S/C28H30ClN5O/c1-20(31-26-9-5-8-22-18-30-15-14-25(22)26)33-16-17-34(27(19-33)21-6-3-2-4-7-21)28(35)32-24-12-10-23(29)11-13-24/h2-13,27,30-31H,1,14-19H2,(H,32,35). The Hall–Kier alpha value is -3.48. The third kappa shape index (κ3) is 5.29. The Labute approximate surface area is 211 Å². The van der Waals surface area contributed by atoms with E-state index in [-0.39, 0.29) is 12.1 Å². The molecule has 0 bridgehead atoms. The second kappa shape index (κ2) is 10.4. The average molecular weight is 488 g/mol. The molecule has 1 unspecified atom stereocenters. The molecule has 3 aromatic carbocycles. The molecule has 0 aliphatic carbocycles. The van der Waals surface area contributed by atoms with Crippen LogP contribution in [0.25, 0.3) is 0 Å². The Bertz CT molecular complexity index is 1200. The van der Waals surface area contributed by atoms with Crippen molar-refractivity contribution < 1.29 is 4.79 Å². The van der Waals surface area contributed by atoms with Crippen molar-refractivity contribution in [3.63, 3.8) is 0 Å². The zero-order valence-corrected chi connectivity index (χ0v) is 20.4. The Morgan fingerprint density at radius 2 is 1.77 bits per heavy atom. The summed E-state index contributed by atoms with van der Waals surface area (Å²) in [5.74, 6) is 0.857. The van der Waals surface area contributed by atoms with E-state index in [9.17, 15) is 4.79 Å². The van der Waals surface area contributed by atoms with E-state index in [1.807, 2.05) is 35.2 Å². The first kappa shape index (κ1) is 23.3. The molecule has 35 heavy (non-hydrogen) atoms. The van der Waals surface area contributed by atoms with Gasteiger partial charge in [-0.05, 0) is 60.0 Å². The van der Waals surface area contributed by atoms with Gasteiger partial charge in [0.05, 0.1) is 11.9 Å². The molecular weight excluding hydrogens is 458 g/mol. The lowest BCUT2D eigenvalue weighted by Gasteiger charge is -2.43. The molecule has 6 nitrogen and oxygen atoms in total. The maximum absolute atomic E-state index is 13.3.